The van der Waals surface area contributed by atoms with E-state index in [1.54, 1.807) is 12.2 Å². The van der Waals surface area contributed by atoms with Crippen molar-refractivity contribution >= 4 is 5.78 Å². The lowest BCUT2D eigenvalue weighted by molar-refractivity contribution is 0.104. The van der Waals surface area contributed by atoms with Crippen LogP contribution in [0.25, 0.3) is 0 Å². The first-order valence-electron chi connectivity index (χ1n) is 4.77. The number of carbonyl (C=O) groups is 1. The molecule has 0 bridgehead atoms. The fourth-order valence-corrected chi connectivity index (χ4v) is 1.06. The van der Waals surface area contributed by atoms with Crippen molar-refractivity contribution in [3.8, 4) is 0 Å². The molecule has 1 rings (SSSR count). The molecule has 0 amide bonds. The normalized spacial score (nSPS) is 11.2. The first-order valence-corrected chi connectivity index (χ1v) is 4.77. The molecule has 0 saturated heterocycles. The van der Waals surface area contributed by atoms with Crippen LogP contribution in [-0.2, 0) is 0 Å². The summed E-state index contributed by atoms with van der Waals surface area (Å²) in [5.74, 6) is 0.0475. The van der Waals surface area contributed by atoms with Crippen molar-refractivity contribution in [2.45, 2.75) is 13.3 Å². The lowest BCUT2D eigenvalue weighted by Gasteiger charge is -1.92. The average Bonchev–Trinajstić information content (AvgIpc) is 2.25. The van der Waals surface area contributed by atoms with E-state index < -0.39 is 0 Å². The van der Waals surface area contributed by atoms with Gasteiger partial charge in [0.15, 0.2) is 5.78 Å². The molecule has 1 aromatic carbocycles. The number of carbonyl (C=O) groups excluding carboxylic acids is 1. The van der Waals surface area contributed by atoms with Gasteiger partial charge in [-0.15, -0.1) is 0 Å². The van der Waals surface area contributed by atoms with Crippen LogP contribution in [0.1, 0.15) is 23.7 Å². The molecule has 1 nitrogen and oxygen atoms in total. The van der Waals surface area contributed by atoms with E-state index in [0.717, 1.165) is 12.0 Å². The van der Waals surface area contributed by atoms with Crippen molar-refractivity contribution in [3.63, 3.8) is 0 Å². The first kappa shape index (κ1) is 10.5. The number of ketones is 1. The first-order chi connectivity index (χ1) is 6.84. The molecule has 0 aliphatic carbocycles. The van der Waals surface area contributed by atoms with E-state index in [-0.39, 0.29) is 5.78 Å². The average molecular weight is 186 g/mol. The van der Waals surface area contributed by atoms with Gasteiger partial charge in [0.25, 0.3) is 0 Å². The maximum Gasteiger partial charge on any atom is 0.185 e. The van der Waals surface area contributed by atoms with Crippen molar-refractivity contribution in [2.75, 3.05) is 0 Å². The van der Waals surface area contributed by atoms with Crippen molar-refractivity contribution in [3.05, 3.63) is 60.2 Å². The van der Waals surface area contributed by atoms with Crippen molar-refractivity contribution in [1.82, 2.24) is 0 Å². The van der Waals surface area contributed by atoms with Gasteiger partial charge in [-0.2, -0.15) is 0 Å². The maximum absolute atomic E-state index is 11.5. The predicted molar refractivity (Wildman–Crippen MR) is 59.3 cm³/mol. The van der Waals surface area contributed by atoms with Crippen LogP contribution in [0.5, 0.6) is 0 Å². The number of rotatable bonds is 4. The zero-order chi connectivity index (χ0) is 10.2. The highest BCUT2D eigenvalue weighted by atomic mass is 16.1. The lowest BCUT2D eigenvalue weighted by atomic mass is 10.1. The topological polar surface area (TPSA) is 17.1 Å². The molecule has 0 heterocycles. The molecule has 0 saturated carbocycles. The summed E-state index contributed by atoms with van der Waals surface area (Å²) in [6.07, 6.45) is 8.25. The van der Waals surface area contributed by atoms with Gasteiger partial charge in [-0.1, -0.05) is 55.5 Å². The van der Waals surface area contributed by atoms with Gasteiger partial charge in [0.1, 0.15) is 0 Å². The molecule has 0 aliphatic rings. The minimum Gasteiger partial charge on any atom is -0.289 e. The Morgan fingerprint density at radius 3 is 2.57 bits per heavy atom. The second kappa shape index (κ2) is 5.92. The summed E-state index contributed by atoms with van der Waals surface area (Å²) < 4.78 is 0. The van der Waals surface area contributed by atoms with Gasteiger partial charge >= 0.3 is 0 Å². The minimum absolute atomic E-state index is 0.0475. The molecule has 0 N–H and O–H groups in total. The summed E-state index contributed by atoms with van der Waals surface area (Å²) >= 11 is 0. The van der Waals surface area contributed by atoms with Crippen LogP contribution < -0.4 is 0 Å². The maximum atomic E-state index is 11.5. The van der Waals surface area contributed by atoms with E-state index in [4.69, 9.17) is 0 Å². The van der Waals surface area contributed by atoms with Gasteiger partial charge in [0.05, 0.1) is 0 Å². The van der Waals surface area contributed by atoms with Gasteiger partial charge in [0.2, 0.25) is 0 Å². The molecule has 0 aromatic heterocycles. The molecule has 0 atom stereocenters. The fourth-order valence-electron chi connectivity index (χ4n) is 1.06. The molecular formula is C13H14O. The fraction of sp³-hybridized carbons (Fsp3) is 0.154. The van der Waals surface area contributed by atoms with E-state index in [1.807, 2.05) is 42.5 Å². The van der Waals surface area contributed by atoms with E-state index in [9.17, 15) is 4.79 Å². The minimum atomic E-state index is 0.0475. The zero-order valence-corrected chi connectivity index (χ0v) is 8.31. The Hall–Kier alpha value is -1.63. The summed E-state index contributed by atoms with van der Waals surface area (Å²) in [5, 5.41) is 0. The quantitative estimate of drug-likeness (QED) is 0.400. The highest BCUT2D eigenvalue weighted by molar-refractivity contribution is 6.04. The largest absolute Gasteiger partial charge is 0.289 e. The smallest absolute Gasteiger partial charge is 0.185 e. The summed E-state index contributed by atoms with van der Waals surface area (Å²) in [6.45, 7) is 2.06. The molecule has 0 radical (unpaired) electrons. The highest BCUT2D eigenvalue weighted by Crippen LogP contribution is 2.00. The van der Waals surface area contributed by atoms with Crippen LogP contribution in [0.4, 0.5) is 0 Å². The van der Waals surface area contributed by atoms with Gasteiger partial charge in [-0.05, 0) is 12.5 Å². The molecule has 0 fully saturated rings. The molecule has 14 heavy (non-hydrogen) atoms. The van der Waals surface area contributed by atoms with Crippen LogP contribution >= 0.6 is 0 Å². The summed E-state index contributed by atoms with van der Waals surface area (Å²) in [4.78, 5) is 11.5. The monoisotopic (exact) mass is 186 g/mol. The van der Waals surface area contributed by atoms with E-state index in [2.05, 4.69) is 6.92 Å². The molecule has 0 spiro atoms. The van der Waals surface area contributed by atoms with E-state index >= 15 is 0 Å². The second-order valence-corrected chi connectivity index (χ2v) is 2.93. The van der Waals surface area contributed by atoms with Gasteiger partial charge < -0.3 is 0 Å². The highest BCUT2D eigenvalue weighted by Gasteiger charge is 1.97. The summed E-state index contributed by atoms with van der Waals surface area (Å²) in [5.41, 5.74) is 0.730. The summed E-state index contributed by atoms with van der Waals surface area (Å²) in [6, 6.07) is 9.26. The summed E-state index contributed by atoms with van der Waals surface area (Å²) in [7, 11) is 0. The Kier molecular flexibility index (Phi) is 4.42. The Morgan fingerprint density at radius 2 is 1.93 bits per heavy atom. The predicted octanol–water partition coefficient (Wildman–Crippen LogP) is 3.39. The Morgan fingerprint density at radius 1 is 1.21 bits per heavy atom. The SMILES string of the molecule is CC/C=C/C=C/C(=O)c1ccccc1. The number of hydrogen-bond acceptors (Lipinski definition) is 1. The van der Waals surface area contributed by atoms with Crippen molar-refractivity contribution in [1.29, 1.82) is 0 Å². The van der Waals surface area contributed by atoms with Crippen LogP contribution in [0.3, 0.4) is 0 Å². The van der Waals surface area contributed by atoms with Gasteiger partial charge in [0, 0.05) is 5.56 Å². The molecule has 1 aromatic rings. The van der Waals surface area contributed by atoms with E-state index in [1.165, 1.54) is 0 Å². The Labute approximate surface area is 84.8 Å². The van der Waals surface area contributed by atoms with Crippen LogP contribution in [-0.4, -0.2) is 5.78 Å². The third-order valence-electron chi connectivity index (χ3n) is 1.79. The number of hydrogen-bond donors (Lipinski definition) is 0. The van der Waals surface area contributed by atoms with E-state index in [0.29, 0.717) is 0 Å². The standard InChI is InChI=1S/C13H14O/c1-2-3-4-8-11-13(14)12-9-6-5-7-10-12/h3-11H,2H2,1H3/b4-3+,11-8+. The second-order valence-electron chi connectivity index (χ2n) is 2.93. The van der Waals surface area contributed by atoms with Gasteiger partial charge in [-0.3, -0.25) is 4.79 Å². The number of allylic oxidation sites excluding steroid dienone is 4. The van der Waals surface area contributed by atoms with Crippen molar-refractivity contribution < 1.29 is 4.79 Å². The Balaban J connectivity index is 2.59. The van der Waals surface area contributed by atoms with Crippen LogP contribution in [0.15, 0.2) is 54.6 Å². The van der Waals surface area contributed by atoms with Crippen molar-refractivity contribution in [2.24, 2.45) is 0 Å². The molecule has 1 heteroatoms. The van der Waals surface area contributed by atoms with Crippen LogP contribution in [0.2, 0.25) is 0 Å². The molecule has 0 aliphatic heterocycles. The molecule has 72 valence electrons. The number of benzene rings is 1. The van der Waals surface area contributed by atoms with Gasteiger partial charge in [-0.25, -0.2) is 0 Å². The lowest BCUT2D eigenvalue weighted by Crippen LogP contribution is -1.92. The van der Waals surface area contributed by atoms with Crippen LogP contribution in [0, 0.1) is 0 Å². The zero-order valence-electron chi connectivity index (χ0n) is 8.31. The molecular weight excluding hydrogens is 172 g/mol. The Bertz CT molecular complexity index is 334. The molecule has 0 unspecified atom stereocenters. The third-order valence-corrected chi connectivity index (χ3v) is 1.79. The third kappa shape index (κ3) is 3.40.